The first-order valence-corrected chi connectivity index (χ1v) is 6.71. The second-order valence-electron chi connectivity index (χ2n) is 5.20. The summed E-state index contributed by atoms with van der Waals surface area (Å²) >= 11 is 0. The van der Waals surface area contributed by atoms with E-state index in [1.54, 1.807) is 0 Å². The van der Waals surface area contributed by atoms with E-state index in [1.807, 2.05) is 14.1 Å². The van der Waals surface area contributed by atoms with Crippen molar-refractivity contribution in [2.24, 2.45) is 5.92 Å². The van der Waals surface area contributed by atoms with E-state index >= 15 is 0 Å². The summed E-state index contributed by atoms with van der Waals surface area (Å²) in [6.45, 7) is 8.94. The molecular formula is C13H30N2O3. The molecule has 0 heterocycles. The van der Waals surface area contributed by atoms with Crippen LogP contribution in [0.4, 0.5) is 0 Å². The highest BCUT2D eigenvalue weighted by atomic mass is 16.5. The van der Waals surface area contributed by atoms with Gasteiger partial charge in [0.2, 0.25) is 0 Å². The van der Waals surface area contributed by atoms with E-state index in [0.29, 0.717) is 32.3 Å². The normalized spacial score (nSPS) is 13.5. The van der Waals surface area contributed by atoms with Gasteiger partial charge in [-0.2, -0.15) is 0 Å². The van der Waals surface area contributed by atoms with E-state index in [4.69, 9.17) is 9.47 Å². The second-order valence-corrected chi connectivity index (χ2v) is 5.20. The number of hydrogen-bond acceptors (Lipinski definition) is 5. The molecule has 110 valence electrons. The van der Waals surface area contributed by atoms with Gasteiger partial charge in [-0.05, 0) is 20.0 Å². The average Bonchev–Trinajstić information content (AvgIpc) is 2.26. The fourth-order valence-electron chi connectivity index (χ4n) is 1.26. The fourth-order valence-corrected chi connectivity index (χ4v) is 1.26. The van der Waals surface area contributed by atoms with Gasteiger partial charge in [-0.15, -0.1) is 0 Å². The van der Waals surface area contributed by atoms with Gasteiger partial charge < -0.3 is 24.8 Å². The van der Waals surface area contributed by atoms with E-state index in [2.05, 4.69) is 24.1 Å². The summed E-state index contributed by atoms with van der Waals surface area (Å²) in [5.41, 5.74) is 0. The van der Waals surface area contributed by atoms with Crippen LogP contribution < -0.4 is 5.32 Å². The molecule has 0 aliphatic heterocycles. The molecule has 5 nitrogen and oxygen atoms in total. The number of ether oxygens (including phenoxy) is 2. The molecule has 1 atom stereocenters. The maximum Gasteiger partial charge on any atom is 0.0897 e. The van der Waals surface area contributed by atoms with Gasteiger partial charge in [0.15, 0.2) is 0 Å². The minimum Gasteiger partial charge on any atom is -0.389 e. The molecule has 0 amide bonds. The summed E-state index contributed by atoms with van der Waals surface area (Å²) in [7, 11) is 4.05. The lowest BCUT2D eigenvalue weighted by molar-refractivity contribution is 0.0251. The Labute approximate surface area is 111 Å². The molecule has 0 radical (unpaired) electrons. The number of nitrogens with zero attached hydrogens (tertiary/aromatic N) is 1. The van der Waals surface area contributed by atoms with Crippen molar-refractivity contribution < 1.29 is 14.6 Å². The number of nitrogens with one attached hydrogen (secondary N) is 1. The van der Waals surface area contributed by atoms with Crippen LogP contribution in [0.25, 0.3) is 0 Å². The third-order valence-corrected chi connectivity index (χ3v) is 2.25. The first-order chi connectivity index (χ1) is 8.52. The quantitative estimate of drug-likeness (QED) is 0.492. The largest absolute Gasteiger partial charge is 0.389 e. The zero-order chi connectivity index (χ0) is 13.8. The Bertz CT molecular complexity index is 178. The summed E-state index contributed by atoms with van der Waals surface area (Å²) in [5.74, 6) is 0.509. The first kappa shape index (κ1) is 17.8. The fraction of sp³-hybridized carbons (Fsp3) is 1.00. The Kier molecular flexibility index (Phi) is 11.7. The van der Waals surface area contributed by atoms with Gasteiger partial charge in [0.25, 0.3) is 0 Å². The molecule has 18 heavy (non-hydrogen) atoms. The minimum atomic E-state index is -0.439. The SMILES string of the molecule is CC(C)COCC(O)CNCCOCCN(C)C. The second kappa shape index (κ2) is 11.9. The number of likely N-dealkylation sites (N-methyl/N-ethyl adjacent to an activating group) is 1. The van der Waals surface area contributed by atoms with Gasteiger partial charge >= 0.3 is 0 Å². The zero-order valence-electron chi connectivity index (χ0n) is 12.3. The average molecular weight is 262 g/mol. The smallest absolute Gasteiger partial charge is 0.0897 e. The highest BCUT2D eigenvalue weighted by Crippen LogP contribution is 1.93. The zero-order valence-corrected chi connectivity index (χ0v) is 12.3. The van der Waals surface area contributed by atoms with Gasteiger partial charge in [0.1, 0.15) is 0 Å². The molecule has 0 aromatic carbocycles. The molecule has 0 aromatic rings. The van der Waals surface area contributed by atoms with Gasteiger partial charge in [0.05, 0.1) is 25.9 Å². The molecule has 0 saturated carbocycles. The summed E-state index contributed by atoms with van der Waals surface area (Å²) in [6.07, 6.45) is -0.439. The van der Waals surface area contributed by atoms with Crippen molar-refractivity contribution in [3.8, 4) is 0 Å². The van der Waals surface area contributed by atoms with Gasteiger partial charge in [-0.1, -0.05) is 13.8 Å². The molecule has 0 aliphatic carbocycles. The molecule has 0 saturated heterocycles. The highest BCUT2D eigenvalue weighted by Gasteiger charge is 2.04. The molecule has 0 aromatic heterocycles. The monoisotopic (exact) mass is 262 g/mol. The van der Waals surface area contributed by atoms with Gasteiger partial charge in [-0.3, -0.25) is 0 Å². The maximum atomic E-state index is 9.60. The predicted molar refractivity (Wildman–Crippen MR) is 73.9 cm³/mol. The van der Waals surface area contributed by atoms with Crippen molar-refractivity contribution in [3.63, 3.8) is 0 Å². The van der Waals surface area contributed by atoms with Crippen molar-refractivity contribution in [1.82, 2.24) is 10.2 Å². The lowest BCUT2D eigenvalue weighted by atomic mass is 10.2. The Hall–Kier alpha value is -0.200. The number of aliphatic hydroxyl groups is 1. The van der Waals surface area contributed by atoms with Crippen LogP contribution in [0.2, 0.25) is 0 Å². The van der Waals surface area contributed by atoms with Crippen LogP contribution >= 0.6 is 0 Å². The van der Waals surface area contributed by atoms with Crippen molar-refractivity contribution >= 4 is 0 Å². The Morgan fingerprint density at radius 3 is 2.44 bits per heavy atom. The lowest BCUT2D eigenvalue weighted by Gasteiger charge is -2.14. The van der Waals surface area contributed by atoms with Crippen molar-refractivity contribution in [2.75, 3.05) is 60.2 Å². The topological polar surface area (TPSA) is 54.0 Å². The molecule has 0 bridgehead atoms. The third-order valence-electron chi connectivity index (χ3n) is 2.25. The van der Waals surface area contributed by atoms with Crippen molar-refractivity contribution in [2.45, 2.75) is 20.0 Å². The van der Waals surface area contributed by atoms with Crippen molar-refractivity contribution in [3.05, 3.63) is 0 Å². The van der Waals surface area contributed by atoms with Crippen LogP contribution in [0.15, 0.2) is 0 Å². The van der Waals surface area contributed by atoms with E-state index in [1.165, 1.54) is 0 Å². The molecule has 0 spiro atoms. The molecule has 5 heteroatoms. The summed E-state index contributed by atoms with van der Waals surface area (Å²) in [5, 5.41) is 12.7. The maximum absolute atomic E-state index is 9.60. The van der Waals surface area contributed by atoms with E-state index in [0.717, 1.165) is 19.7 Å². The molecular weight excluding hydrogens is 232 g/mol. The number of rotatable bonds is 12. The standard InChI is InChI=1S/C13H30N2O3/c1-12(2)10-18-11-13(16)9-14-5-7-17-8-6-15(3)4/h12-14,16H,5-11H2,1-4H3. The Morgan fingerprint density at radius 2 is 1.83 bits per heavy atom. The van der Waals surface area contributed by atoms with E-state index in [-0.39, 0.29) is 0 Å². The predicted octanol–water partition coefficient (Wildman–Crippen LogP) is 0.188. The van der Waals surface area contributed by atoms with Crippen LogP contribution in [-0.2, 0) is 9.47 Å². The lowest BCUT2D eigenvalue weighted by Crippen LogP contribution is -2.33. The summed E-state index contributed by atoms with van der Waals surface area (Å²) in [6, 6.07) is 0. The van der Waals surface area contributed by atoms with Crippen LogP contribution in [0.1, 0.15) is 13.8 Å². The van der Waals surface area contributed by atoms with Crippen LogP contribution in [0, 0.1) is 5.92 Å². The Morgan fingerprint density at radius 1 is 1.11 bits per heavy atom. The number of hydrogen-bond donors (Lipinski definition) is 2. The van der Waals surface area contributed by atoms with E-state index < -0.39 is 6.10 Å². The van der Waals surface area contributed by atoms with Gasteiger partial charge in [0, 0.05) is 26.2 Å². The Balaban J connectivity index is 3.17. The van der Waals surface area contributed by atoms with Crippen LogP contribution in [0.5, 0.6) is 0 Å². The summed E-state index contributed by atoms with van der Waals surface area (Å²) < 4.78 is 10.8. The molecule has 0 aliphatic rings. The van der Waals surface area contributed by atoms with Crippen molar-refractivity contribution in [1.29, 1.82) is 0 Å². The third kappa shape index (κ3) is 13.9. The summed E-state index contributed by atoms with van der Waals surface area (Å²) in [4.78, 5) is 2.09. The molecule has 1 unspecified atom stereocenters. The number of aliphatic hydroxyl groups excluding tert-OH is 1. The molecule has 0 rings (SSSR count). The molecule has 2 N–H and O–H groups in total. The van der Waals surface area contributed by atoms with Crippen LogP contribution in [0.3, 0.4) is 0 Å². The van der Waals surface area contributed by atoms with Crippen LogP contribution in [-0.4, -0.2) is 76.3 Å². The van der Waals surface area contributed by atoms with E-state index in [9.17, 15) is 5.11 Å². The van der Waals surface area contributed by atoms with Gasteiger partial charge in [-0.25, -0.2) is 0 Å². The first-order valence-electron chi connectivity index (χ1n) is 6.71. The molecule has 0 fully saturated rings. The minimum absolute atomic E-state index is 0.396. The highest BCUT2D eigenvalue weighted by molar-refractivity contribution is 4.58.